The van der Waals surface area contributed by atoms with E-state index in [-0.39, 0.29) is 30.3 Å². The molecule has 1 aromatic rings. The highest BCUT2D eigenvalue weighted by molar-refractivity contribution is 5.89. The zero-order valence-electron chi connectivity index (χ0n) is 12.4. The zero-order valence-corrected chi connectivity index (χ0v) is 12.4. The molecule has 0 radical (unpaired) electrons. The normalized spacial score (nSPS) is 20.2. The van der Waals surface area contributed by atoms with E-state index in [0.29, 0.717) is 0 Å². The van der Waals surface area contributed by atoms with Crippen LogP contribution in [0.1, 0.15) is 20.8 Å². The minimum Gasteiger partial charge on any atom is -0.447 e. The number of nitrogens with zero attached hydrogens (tertiary/aromatic N) is 3. The average Bonchev–Trinajstić information content (AvgIpc) is 2.80. The Bertz CT molecular complexity index is 550. The Balaban J connectivity index is 2.22. The van der Waals surface area contributed by atoms with Gasteiger partial charge in [-0.25, -0.2) is 9.78 Å². The molecule has 0 aliphatic carbocycles. The fourth-order valence-electron chi connectivity index (χ4n) is 2.02. The molecule has 22 heavy (non-hydrogen) atoms. The Kier molecular flexibility index (Phi) is 4.43. The van der Waals surface area contributed by atoms with E-state index in [9.17, 15) is 18.0 Å². The van der Waals surface area contributed by atoms with E-state index in [1.165, 1.54) is 17.2 Å². The van der Waals surface area contributed by atoms with Gasteiger partial charge in [0, 0.05) is 6.20 Å². The largest absolute Gasteiger partial charge is 0.447 e. The lowest BCUT2D eigenvalue weighted by Crippen LogP contribution is -2.38. The molecule has 1 saturated heterocycles. The Morgan fingerprint density at radius 1 is 1.41 bits per heavy atom. The lowest BCUT2D eigenvalue weighted by atomic mass is 10.0. The lowest BCUT2D eigenvalue weighted by molar-refractivity contribution is -0.138. The van der Waals surface area contributed by atoms with Crippen LogP contribution in [0.3, 0.4) is 0 Å². The van der Waals surface area contributed by atoms with Gasteiger partial charge in [0.05, 0.1) is 6.04 Å². The van der Waals surface area contributed by atoms with E-state index < -0.39 is 18.3 Å². The third kappa shape index (κ3) is 3.40. The van der Waals surface area contributed by atoms with Gasteiger partial charge < -0.3 is 10.1 Å². The second-order valence-corrected chi connectivity index (χ2v) is 5.40. The average molecular weight is 318 g/mol. The second-order valence-electron chi connectivity index (χ2n) is 5.40. The molecule has 0 unspecified atom stereocenters. The molecular formula is C13H17F3N4O2. The van der Waals surface area contributed by atoms with Crippen LogP contribution in [0.2, 0.25) is 0 Å². The molecular weight excluding hydrogens is 301 g/mol. The first-order valence-corrected chi connectivity index (χ1v) is 6.82. The monoisotopic (exact) mass is 318 g/mol. The third-order valence-corrected chi connectivity index (χ3v) is 3.40. The Hall–Kier alpha value is -2.06. The number of nitrogens with one attached hydrogen (secondary N) is 1. The summed E-state index contributed by atoms with van der Waals surface area (Å²) >= 11 is 0. The number of alkyl halides is 3. The molecule has 1 aromatic heterocycles. The molecule has 0 spiro atoms. The topological polar surface area (TPSA) is 67.3 Å². The van der Waals surface area contributed by atoms with Crippen LogP contribution in [0.15, 0.2) is 12.3 Å². The number of hydrogen-bond donors (Lipinski definition) is 1. The molecule has 1 fully saturated rings. The van der Waals surface area contributed by atoms with Gasteiger partial charge in [0.25, 0.3) is 0 Å². The van der Waals surface area contributed by atoms with Crippen LogP contribution in [-0.2, 0) is 4.74 Å². The highest BCUT2D eigenvalue weighted by Gasteiger charge is 2.38. The summed E-state index contributed by atoms with van der Waals surface area (Å²) in [5.74, 6) is 0.143. The summed E-state index contributed by atoms with van der Waals surface area (Å²) in [5, 5.41) is 2.18. The minimum atomic E-state index is -4.41. The van der Waals surface area contributed by atoms with Gasteiger partial charge in [0.2, 0.25) is 5.95 Å². The predicted molar refractivity (Wildman–Crippen MR) is 73.6 cm³/mol. The van der Waals surface area contributed by atoms with E-state index in [0.717, 1.165) is 6.92 Å². The first-order chi connectivity index (χ1) is 10.2. The highest BCUT2D eigenvalue weighted by atomic mass is 19.4. The van der Waals surface area contributed by atoms with Gasteiger partial charge in [-0.1, -0.05) is 13.8 Å². The summed E-state index contributed by atoms with van der Waals surface area (Å²) in [6.07, 6.45) is -3.67. The van der Waals surface area contributed by atoms with Crippen molar-refractivity contribution in [2.45, 2.75) is 39.0 Å². The van der Waals surface area contributed by atoms with Crippen LogP contribution in [0.4, 0.5) is 29.7 Å². The van der Waals surface area contributed by atoms with E-state index in [4.69, 9.17) is 4.74 Å². The number of hydrogen-bond acceptors (Lipinski definition) is 5. The maximum atomic E-state index is 12.6. The molecule has 0 aromatic carbocycles. The smallest absolute Gasteiger partial charge is 0.415 e. The summed E-state index contributed by atoms with van der Waals surface area (Å²) in [5.41, 5.74) is 0. The summed E-state index contributed by atoms with van der Waals surface area (Å²) in [7, 11) is 0. The van der Waals surface area contributed by atoms with E-state index in [2.05, 4.69) is 15.3 Å². The summed E-state index contributed by atoms with van der Waals surface area (Å²) in [6.45, 7) is 5.04. The fraction of sp³-hybridized carbons (Fsp3) is 0.615. The standard InChI is InChI=1S/C13H17F3N4O2/c1-7(2)9-6-22-12(21)20(9)10-4-5-17-11(19-10)18-8(3)13(14,15)16/h4-5,7-9H,6H2,1-3H3,(H,17,18,19)/t8-,9-/m1/s1. The number of halogens is 3. The lowest BCUT2D eigenvalue weighted by Gasteiger charge is -2.24. The van der Waals surface area contributed by atoms with Crippen molar-refractivity contribution in [3.63, 3.8) is 0 Å². The molecule has 1 aliphatic heterocycles. The van der Waals surface area contributed by atoms with Gasteiger partial charge in [-0.3, -0.25) is 4.90 Å². The zero-order chi connectivity index (χ0) is 16.5. The molecule has 1 amide bonds. The maximum absolute atomic E-state index is 12.6. The van der Waals surface area contributed by atoms with Crippen molar-refractivity contribution < 1.29 is 22.7 Å². The molecule has 2 rings (SSSR count). The number of carbonyl (C=O) groups excluding carboxylic acids is 1. The summed E-state index contributed by atoms with van der Waals surface area (Å²) < 4.78 is 42.7. The Labute approximate surface area is 125 Å². The first kappa shape index (κ1) is 16.3. The molecule has 2 heterocycles. The molecule has 0 bridgehead atoms. The quantitative estimate of drug-likeness (QED) is 0.924. The van der Waals surface area contributed by atoms with Crippen molar-refractivity contribution in [2.75, 3.05) is 16.8 Å². The number of cyclic esters (lactones) is 1. The van der Waals surface area contributed by atoms with Crippen LogP contribution in [-0.4, -0.2) is 40.9 Å². The SMILES string of the molecule is CC(C)[C@H]1COC(=O)N1c1ccnc(N[C@H](C)C(F)(F)F)n1. The second kappa shape index (κ2) is 5.98. The molecule has 122 valence electrons. The Morgan fingerprint density at radius 2 is 2.09 bits per heavy atom. The van der Waals surface area contributed by atoms with Crippen molar-refractivity contribution in [2.24, 2.45) is 5.92 Å². The van der Waals surface area contributed by atoms with Crippen molar-refractivity contribution in [3.8, 4) is 0 Å². The molecule has 6 nitrogen and oxygen atoms in total. The molecule has 1 N–H and O–H groups in total. The van der Waals surface area contributed by atoms with Gasteiger partial charge in [-0.05, 0) is 18.9 Å². The van der Waals surface area contributed by atoms with Gasteiger partial charge >= 0.3 is 12.3 Å². The molecule has 1 aliphatic rings. The van der Waals surface area contributed by atoms with Crippen molar-refractivity contribution in [1.29, 1.82) is 0 Å². The number of amides is 1. The van der Waals surface area contributed by atoms with Crippen LogP contribution >= 0.6 is 0 Å². The number of carbonyl (C=O) groups is 1. The number of ether oxygens (including phenoxy) is 1. The molecule has 0 saturated carbocycles. The maximum Gasteiger partial charge on any atom is 0.415 e. The van der Waals surface area contributed by atoms with Gasteiger partial charge in [-0.15, -0.1) is 0 Å². The van der Waals surface area contributed by atoms with Crippen LogP contribution < -0.4 is 10.2 Å². The predicted octanol–water partition coefficient (Wildman–Crippen LogP) is 2.82. The number of rotatable bonds is 4. The first-order valence-electron chi connectivity index (χ1n) is 6.82. The van der Waals surface area contributed by atoms with E-state index in [1.54, 1.807) is 0 Å². The number of aromatic nitrogens is 2. The summed E-state index contributed by atoms with van der Waals surface area (Å²) in [6, 6.07) is -0.546. The van der Waals surface area contributed by atoms with Crippen molar-refractivity contribution in [3.05, 3.63) is 12.3 Å². The molecule has 2 atom stereocenters. The van der Waals surface area contributed by atoms with Crippen LogP contribution in [0, 0.1) is 5.92 Å². The van der Waals surface area contributed by atoms with Gasteiger partial charge in [0.15, 0.2) is 0 Å². The van der Waals surface area contributed by atoms with Crippen LogP contribution in [0.5, 0.6) is 0 Å². The Morgan fingerprint density at radius 3 is 2.68 bits per heavy atom. The van der Waals surface area contributed by atoms with E-state index in [1.807, 2.05) is 13.8 Å². The van der Waals surface area contributed by atoms with Gasteiger partial charge in [0.1, 0.15) is 18.5 Å². The third-order valence-electron chi connectivity index (χ3n) is 3.40. The van der Waals surface area contributed by atoms with Gasteiger partial charge in [-0.2, -0.15) is 18.2 Å². The van der Waals surface area contributed by atoms with Crippen molar-refractivity contribution in [1.82, 2.24) is 9.97 Å². The molecule has 9 heteroatoms. The number of anilines is 2. The van der Waals surface area contributed by atoms with Crippen molar-refractivity contribution >= 4 is 17.9 Å². The fourth-order valence-corrected chi connectivity index (χ4v) is 2.02. The highest BCUT2D eigenvalue weighted by Crippen LogP contribution is 2.27. The van der Waals surface area contributed by atoms with E-state index >= 15 is 0 Å². The van der Waals surface area contributed by atoms with Crippen LogP contribution in [0.25, 0.3) is 0 Å². The minimum absolute atomic E-state index is 0.118. The summed E-state index contributed by atoms with van der Waals surface area (Å²) in [4.78, 5) is 20.9.